The van der Waals surface area contributed by atoms with Crippen molar-refractivity contribution in [1.29, 1.82) is 0 Å². The Morgan fingerprint density at radius 2 is 1.81 bits per heavy atom. The van der Waals surface area contributed by atoms with Gasteiger partial charge in [-0.15, -0.1) is 0 Å². The van der Waals surface area contributed by atoms with Crippen molar-refractivity contribution >= 4 is 40.5 Å². The first kappa shape index (κ1) is 18.3. The van der Waals surface area contributed by atoms with Crippen molar-refractivity contribution < 1.29 is 39.5 Å². The van der Waals surface area contributed by atoms with Gasteiger partial charge >= 0.3 is 29.6 Å². The molecule has 104 valence electrons. The quantitative estimate of drug-likeness (QED) is 0.822. The number of carbonyl (C=O) groups is 1. The summed E-state index contributed by atoms with van der Waals surface area (Å²) in [6, 6.07) is 10.6. The normalized spacial score (nSPS) is 9.86. The molecule has 0 saturated heterocycles. The molecule has 0 aliphatic heterocycles. The van der Waals surface area contributed by atoms with Gasteiger partial charge in [-0.3, -0.25) is 0 Å². The summed E-state index contributed by atoms with van der Waals surface area (Å²) in [5.41, 5.74) is 2.80. The van der Waals surface area contributed by atoms with Crippen LogP contribution in [0.2, 0.25) is 10.0 Å². The number of nitrogens with one attached hydrogen (secondary N) is 1. The van der Waals surface area contributed by atoms with Crippen molar-refractivity contribution in [1.82, 2.24) is 0 Å². The molecule has 0 heterocycles. The van der Waals surface area contributed by atoms with Crippen LogP contribution in [0.4, 0.5) is 11.4 Å². The van der Waals surface area contributed by atoms with Crippen LogP contribution in [0.3, 0.4) is 0 Å². The third-order valence-electron chi connectivity index (χ3n) is 2.82. The second-order valence-electron chi connectivity index (χ2n) is 4.43. The van der Waals surface area contributed by atoms with Gasteiger partial charge < -0.3 is 15.2 Å². The van der Waals surface area contributed by atoms with Gasteiger partial charge in [-0.1, -0.05) is 47.0 Å². The molecule has 0 atom stereocenters. The summed E-state index contributed by atoms with van der Waals surface area (Å²) in [6.07, 6.45) is -0.175. The number of carboxylic acids is 1. The Morgan fingerprint density at radius 1 is 1.19 bits per heavy atom. The molecule has 0 unspecified atom stereocenters. The maximum Gasteiger partial charge on any atom is 1.00 e. The number of hydrogen-bond acceptors (Lipinski definition) is 3. The third-order valence-corrected chi connectivity index (χ3v) is 3.45. The van der Waals surface area contributed by atoms with Gasteiger partial charge in [-0.25, -0.2) is 0 Å². The van der Waals surface area contributed by atoms with Crippen LogP contribution in [0.25, 0.3) is 0 Å². The van der Waals surface area contributed by atoms with Gasteiger partial charge in [0.05, 0.1) is 15.7 Å². The zero-order chi connectivity index (χ0) is 14.7. The Labute approximate surface area is 155 Å². The first-order chi connectivity index (χ1) is 9.47. The van der Waals surface area contributed by atoms with Crippen molar-refractivity contribution in [3.63, 3.8) is 0 Å². The third kappa shape index (κ3) is 4.90. The molecule has 1 N–H and O–H groups in total. The van der Waals surface area contributed by atoms with Gasteiger partial charge in [-0.2, -0.15) is 0 Å². The van der Waals surface area contributed by atoms with Crippen LogP contribution < -0.4 is 40.0 Å². The van der Waals surface area contributed by atoms with E-state index in [1.807, 2.05) is 13.0 Å². The molecule has 0 fully saturated rings. The summed E-state index contributed by atoms with van der Waals surface area (Å²) < 4.78 is 0. The molecule has 2 aromatic carbocycles. The van der Waals surface area contributed by atoms with E-state index in [2.05, 4.69) is 5.32 Å². The topological polar surface area (TPSA) is 52.2 Å². The van der Waals surface area contributed by atoms with E-state index >= 15 is 0 Å². The predicted octanol–water partition coefficient (Wildman–Crippen LogP) is 0.342. The number of rotatable bonds is 4. The Hall–Kier alpha value is -0.710. The van der Waals surface area contributed by atoms with Gasteiger partial charge in [-0.05, 0) is 30.7 Å². The van der Waals surface area contributed by atoms with Crippen molar-refractivity contribution in [3.8, 4) is 0 Å². The molecule has 0 aliphatic rings. The van der Waals surface area contributed by atoms with Gasteiger partial charge in [0.25, 0.3) is 0 Å². The van der Waals surface area contributed by atoms with Crippen LogP contribution >= 0.6 is 23.2 Å². The van der Waals surface area contributed by atoms with Crippen molar-refractivity contribution in [2.75, 3.05) is 5.32 Å². The SMILES string of the molecule is Cc1ccc(Nc2c(Cl)cccc2Cl)c(CC(=O)[O-])c1.[Na+]. The van der Waals surface area contributed by atoms with Crippen LogP contribution in [0.5, 0.6) is 0 Å². The van der Waals surface area contributed by atoms with E-state index in [1.54, 1.807) is 30.3 Å². The zero-order valence-corrected chi connectivity index (χ0v) is 15.3. The first-order valence-corrected chi connectivity index (χ1v) is 6.73. The number of para-hydroxylation sites is 1. The summed E-state index contributed by atoms with van der Waals surface area (Å²) in [5.74, 6) is -1.14. The van der Waals surface area contributed by atoms with E-state index in [-0.39, 0.29) is 36.0 Å². The summed E-state index contributed by atoms with van der Waals surface area (Å²) in [6.45, 7) is 1.89. The molecular formula is C15H12Cl2NNaO2. The van der Waals surface area contributed by atoms with Gasteiger partial charge in [0.15, 0.2) is 0 Å². The summed E-state index contributed by atoms with van der Waals surface area (Å²) in [5, 5.41) is 14.9. The Morgan fingerprint density at radius 3 is 2.38 bits per heavy atom. The molecule has 0 aliphatic carbocycles. The molecule has 0 saturated carbocycles. The number of aliphatic carboxylic acids is 1. The van der Waals surface area contributed by atoms with E-state index in [0.29, 0.717) is 27.0 Å². The molecule has 21 heavy (non-hydrogen) atoms. The smallest absolute Gasteiger partial charge is 0.550 e. The molecule has 0 amide bonds. The maximum absolute atomic E-state index is 10.8. The molecule has 0 radical (unpaired) electrons. The number of hydrogen-bond donors (Lipinski definition) is 1. The van der Waals surface area contributed by atoms with E-state index in [9.17, 15) is 9.90 Å². The number of anilines is 2. The van der Waals surface area contributed by atoms with Crippen LogP contribution in [0, 0.1) is 6.92 Å². The fourth-order valence-electron chi connectivity index (χ4n) is 1.90. The van der Waals surface area contributed by atoms with Crippen LogP contribution in [0.15, 0.2) is 36.4 Å². The maximum atomic E-state index is 10.8. The van der Waals surface area contributed by atoms with Crippen LogP contribution in [0.1, 0.15) is 11.1 Å². The fraction of sp³-hybridized carbons (Fsp3) is 0.133. The Balaban J connectivity index is 0.00000220. The molecule has 2 aromatic rings. The Bertz CT molecular complexity index is 642. The van der Waals surface area contributed by atoms with Gasteiger partial charge in [0.1, 0.15) is 0 Å². The second-order valence-corrected chi connectivity index (χ2v) is 5.25. The minimum absolute atomic E-state index is 0. The van der Waals surface area contributed by atoms with E-state index in [1.165, 1.54) is 0 Å². The number of halogens is 2. The summed E-state index contributed by atoms with van der Waals surface area (Å²) in [4.78, 5) is 10.8. The standard InChI is InChI=1S/C15H13Cl2NO2.Na/c1-9-5-6-13(10(7-9)8-14(19)20)18-15-11(16)3-2-4-12(15)17;/h2-7,18H,8H2,1H3,(H,19,20);/q;+1/p-1. The minimum Gasteiger partial charge on any atom is -0.550 e. The largest absolute Gasteiger partial charge is 1.00 e. The number of carboxylic acid groups (broad SMARTS) is 1. The van der Waals surface area contributed by atoms with E-state index in [0.717, 1.165) is 5.56 Å². The molecule has 6 heteroatoms. The molecule has 2 rings (SSSR count). The summed E-state index contributed by atoms with van der Waals surface area (Å²) in [7, 11) is 0. The molecule has 0 bridgehead atoms. The first-order valence-electron chi connectivity index (χ1n) is 5.98. The Kier molecular flexibility index (Phi) is 7.04. The summed E-state index contributed by atoms with van der Waals surface area (Å²) >= 11 is 12.2. The number of benzene rings is 2. The van der Waals surface area contributed by atoms with Crippen molar-refractivity contribution in [2.24, 2.45) is 0 Å². The molecule has 0 aromatic heterocycles. The van der Waals surface area contributed by atoms with Crippen LogP contribution in [-0.2, 0) is 11.2 Å². The zero-order valence-electron chi connectivity index (χ0n) is 11.7. The number of aryl methyl sites for hydroxylation is 1. The predicted molar refractivity (Wildman–Crippen MR) is 79.6 cm³/mol. The van der Waals surface area contributed by atoms with E-state index < -0.39 is 5.97 Å². The van der Waals surface area contributed by atoms with E-state index in [4.69, 9.17) is 23.2 Å². The average Bonchev–Trinajstić information content (AvgIpc) is 2.35. The van der Waals surface area contributed by atoms with Crippen LogP contribution in [-0.4, -0.2) is 5.97 Å². The molecular weight excluding hydrogens is 320 g/mol. The average molecular weight is 332 g/mol. The minimum atomic E-state index is -1.14. The molecule has 3 nitrogen and oxygen atoms in total. The monoisotopic (exact) mass is 331 g/mol. The van der Waals surface area contributed by atoms with Crippen molar-refractivity contribution in [3.05, 3.63) is 57.6 Å². The number of carbonyl (C=O) groups excluding carboxylic acids is 1. The molecule has 0 spiro atoms. The van der Waals surface area contributed by atoms with Gasteiger partial charge in [0.2, 0.25) is 0 Å². The van der Waals surface area contributed by atoms with Gasteiger partial charge in [0, 0.05) is 18.1 Å². The fourth-order valence-corrected chi connectivity index (χ4v) is 2.39. The second kappa shape index (κ2) is 8.06. The van der Waals surface area contributed by atoms with Crippen molar-refractivity contribution in [2.45, 2.75) is 13.3 Å².